The molecule has 3 heterocycles. The van der Waals surface area contributed by atoms with Gasteiger partial charge in [-0.1, -0.05) is 5.16 Å². The van der Waals surface area contributed by atoms with Crippen molar-refractivity contribution < 1.29 is 8.94 Å². The molecule has 0 bridgehead atoms. The van der Waals surface area contributed by atoms with Crippen molar-refractivity contribution in [3.8, 4) is 11.6 Å². The zero-order valence-corrected chi connectivity index (χ0v) is 13.1. The van der Waals surface area contributed by atoms with Crippen LogP contribution in [-0.4, -0.2) is 22.1 Å². The molecule has 5 nitrogen and oxygen atoms in total. The molecule has 3 aromatic rings. The molecule has 0 saturated carbocycles. The average Bonchev–Trinajstić information content (AvgIpc) is 3.10. The maximum atomic E-state index is 5.23. The minimum atomic E-state index is 0.484. The summed E-state index contributed by atoms with van der Waals surface area (Å²) >= 11 is 5.19. The topological polar surface area (TPSA) is 55.3 Å². The van der Waals surface area contributed by atoms with Crippen LogP contribution in [0.5, 0.6) is 0 Å². The van der Waals surface area contributed by atoms with Crippen LogP contribution >= 0.6 is 27.3 Å². The molecule has 0 amide bonds. The van der Waals surface area contributed by atoms with Crippen LogP contribution in [-0.2, 0) is 13.1 Å². The van der Waals surface area contributed by atoms with Crippen molar-refractivity contribution in [2.75, 3.05) is 7.05 Å². The predicted molar refractivity (Wildman–Crippen MR) is 79.2 cm³/mol. The highest BCUT2D eigenvalue weighted by Crippen LogP contribution is 2.23. The highest BCUT2D eigenvalue weighted by atomic mass is 79.9. The molecule has 0 radical (unpaired) electrons. The maximum absolute atomic E-state index is 5.23. The summed E-state index contributed by atoms with van der Waals surface area (Å²) in [5.74, 6) is 1.68. The second-order valence-electron chi connectivity index (χ2n) is 4.37. The molecule has 0 spiro atoms. The second kappa shape index (κ2) is 5.90. The van der Waals surface area contributed by atoms with Gasteiger partial charge in [-0.25, -0.2) is 0 Å². The van der Waals surface area contributed by atoms with Gasteiger partial charge in [0.15, 0.2) is 5.76 Å². The van der Waals surface area contributed by atoms with E-state index in [0.29, 0.717) is 24.0 Å². The van der Waals surface area contributed by atoms with Crippen molar-refractivity contribution in [1.29, 1.82) is 0 Å². The molecule has 0 N–H and O–H groups in total. The third kappa shape index (κ3) is 3.17. The molecule has 0 saturated heterocycles. The van der Waals surface area contributed by atoms with Crippen LogP contribution in [0.1, 0.15) is 10.8 Å². The van der Waals surface area contributed by atoms with Crippen LogP contribution in [0.3, 0.4) is 0 Å². The standard InChI is InChI=1S/C13H12BrN3O2S/c1-17(7-9-4-5-11(14)20-9)8-12-15-13(16-19-12)10-3-2-6-18-10/h2-6H,7-8H2,1H3. The van der Waals surface area contributed by atoms with E-state index in [4.69, 9.17) is 8.94 Å². The maximum Gasteiger partial charge on any atom is 0.241 e. The molecule has 0 aliphatic heterocycles. The fraction of sp³-hybridized carbons (Fsp3) is 0.231. The fourth-order valence-corrected chi connectivity index (χ4v) is 3.38. The average molecular weight is 354 g/mol. The summed E-state index contributed by atoms with van der Waals surface area (Å²) in [6.07, 6.45) is 1.59. The summed E-state index contributed by atoms with van der Waals surface area (Å²) in [5, 5.41) is 3.91. The van der Waals surface area contributed by atoms with Crippen molar-refractivity contribution in [3.05, 3.63) is 45.1 Å². The molecule has 3 rings (SSSR count). The Hall–Kier alpha value is -1.44. The van der Waals surface area contributed by atoms with E-state index in [1.54, 1.807) is 23.7 Å². The first-order valence-electron chi connectivity index (χ1n) is 6.00. The van der Waals surface area contributed by atoms with Gasteiger partial charge in [-0.3, -0.25) is 4.90 Å². The highest BCUT2D eigenvalue weighted by Gasteiger charge is 2.13. The number of thiophene rings is 1. The molecule has 0 atom stereocenters. The molecule has 7 heteroatoms. The fourth-order valence-electron chi connectivity index (χ4n) is 1.81. The lowest BCUT2D eigenvalue weighted by Crippen LogP contribution is -2.16. The monoisotopic (exact) mass is 353 g/mol. The Morgan fingerprint density at radius 3 is 2.90 bits per heavy atom. The summed E-state index contributed by atoms with van der Waals surface area (Å²) in [7, 11) is 2.02. The Balaban J connectivity index is 1.63. The van der Waals surface area contributed by atoms with E-state index in [2.05, 4.69) is 43.1 Å². The van der Waals surface area contributed by atoms with Crippen LogP contribution in [0.2, 0.25) is 0 Å². The lowest BCUT2D eigenvalue weighted by Gasteiger charge is -2.12. The minimum absolute atomic E-state index is 0.484. The largest absolute Gasteiger partial charge is 0.461 e. The summed E-state index contributed by atoms with van der Waals surface area (Å²) in [6.45, 7) is 1.44. The Morgan fingerprint density at radius 1 is 1.30 bits per heavy atom. The quantitative estimate of drug-likeness (QED) is 0.698. The van der Waals surface area contributed by atoms with Gasteiger partial charge in [0.25, 0.3) is 0 Å². The molecule has 0 aliphatic rings. The first kappa shape index (κ1) is 13.5. The normalized spacial score (nSPS) is 11.3. The summed E-state index contributed by atoms with van der Waals surface area (Å²) in [6, 6.07) is 7.76. The highest BCUT2D eigenvalue weighted by molar-refractivity contribution is 9.11. The lowest BCUT2D eigenvalue weighted by atomic mass is 10.4. The third-order valence-corrected chi connectivity index (χ3v) is 4.28. The van der Waals surface area contributed by atoms with Crippen molar-refractivity contribution in [2.45, 2.75) is 13.1 Å². The van der Waals surface area contributed by atoms with Crippen LogP contribution in [0, 0.1) is 0 Å². The summed E-state index contributed by atoms with van der Waals surface area (Å²) in [4.78, 5) is 7.73. The van der Waals surface area contributed by atoms with Crippen LogP contribution < -0.4 is 0 Å². The molecule has 104 valence electrons. The number of nitrogens with zero attached hydrogens (tertiary/aromatic N) is 3. The van der Waals surface area contributed by atoms with Gasteiger partial charge < -0.3 is 8.94 Å². The van der Waals surface area contributed by atoms with Gasteiger partial charge in [-0.05, 0) is 47.2 Å². The third-order valence-electron chi connectivity index (χ3n) is 2.67. The number of hydrogen-bond donors (Lipinski definition) is 0. The first-order chi connectivity index (χ1) is 9.70. The number of aromatic nitrogens is 2. The van der Waals surface area contributed by atoms with Crippen molar-refractivity contribution >= 4 is 27.3 Å². The minimum Gasteiger partial charge on any atom is -0.461 e. The second-order valence-corrected chi connectivity index (χ2v) is 6.91. The molecule has 3 aromatic heterocycles. The van der Waals surface area contributed by atoms with Crippen molar-refractivity contribution in [3.63, 3.8) is 0 Å². The van der Waals surface area contributed by atoms with Gasteiger partial charge in [0.2, 0.25) is 11.7 Å². The molecule has 0 fully saturated rings. The van der Waals surface area contributed by atoms with Crippen LogP contribution in [0.25, 0.3) is 11.6 Å². The first-order valence-corrected chi connectivity index (χ1v) is 7.61. The van der Waals surface area contributed by atoms with Gasteiger partial charge >= 0.3 is 0 Å². The van der Waals surface area contributed by atoms with E-state index < -0.39 is 0 Å². The Morgan fingerprint density at radius 2 is 2.20 bits per heavy atom. The van der Waals surface area contributed by atoms with E-state index in [1.165, 1.54) is 4.88 Å². The number of rotatable bonds is 5. The Kier molecular flexibility index (Phi) is 4.00. The van der Waals surface area contributed by atoms with E-state index in [0.717, 1.165) is 10.3 Å². The predicted octanol–water partition coefficient (Wildman–Crippen LogP) is 3.79. The lowest BCUT2D eigenvalue weighted by molar-refractivity contribution is 0.262. The molecular formula is C13H12BrN3O2S. The number of hydrogen-bond acceptors (Lipinski definition) is 6. The van der Waals surface area contributed by atoms with Gasteiger partial charge in [-0.15, -0.1) is 11.3 Å². The number of halogens is 1. The van der Waals surface area contributed by atoms with E-state index in [-0.39, 0.29) is 0 Å². The molecule has 0 unspecified atom stereocenters. The zero-order valence-electron chi connectivity index (χ0n) is 10.7. The van der Waals surface area contributed by atoms with Gasteiger partial charge in [0.05, 0.1) is 16.6 Å². The van der Waals surface area contributed by atoms with Gasteiger partial charge in [0.1, 0.15) is 0 Å². The molecule has 0 aliphatic carbocycles. The molecular weight excluding hydrogens is 342 g/mol. The van der Waals surface area contributed by atoms with E-state index >= 15 is 0 Å². The van der Waals surface area contributed by atoms with Gasteiger partial charge in [0, 0.05) is 11.4 Å². The van der Waals surface area contributed by atoms with Gasteiger partial charge in [-0.2, -0.15) is 4.98 Å². The summed E-state index contributed by atoms with van der Waals surface area (Å²) in [5.41, 5.74) is 0. The smallest absolute Gasteiger partial charge is 0.241 e. The molecule has 20 heavy (non-hydrogen) atoms. The Labute approximate surface area is 128 Å². The van der Waals surface area contributed by atoms with E-state index in [1.807, 2.05) is 13.1 Å². The van der Waals surface area contributed by atoms with Crippen LogP contribution in [0.15, 0.2) is 43.3 Å². The molecule has 0 aromatic carbocycles. The van der Waals surface area contributed by atoms with Crippen molar-refractivity contribution in [1.82, 2.24) is 15.0 Å². The van der Waals surface area contributed by atoms with Crippen molar-refractivity contribution in [2.24, 2.45) is 0 Å². The van der Waals surface area contributed by atoms with E-state index in [9.17, 15) is 0 Å². The zero-order chi connectivity index (χ0) is 13.9. The Bertz CT molecular complexity index is 677. The summed E-state index contributed by atoms with van der Waals surface area (Å²) < 4.78 is 11.6. The SMILES string of the molecule is CN(Cc1nc(-c2ccco2)no1)Cc1ccc(Br)s1. The number of furan rings is 1. The van der Waals surface area contributed by atoms with Crippen LogP contribution in [0.4, 0.5) is 0 Å².